The van der Waals surface area contributed by atoms with Gasteiger partial charge < -0.3 is 4.98 Å². The molecule has 5 aromatic rings. The number of imidazole rings is 1. The third-order valence-corrected chi connectivity index (χ3v) is 5.87. The number of aromatic amines is 1. The number of terminal acetylenes is 1. The fourth-order valence-electron chi connectivity index (χ4n) is 3.98. The molecule has 0 bridgehead atoms. The summed E-state index contributed by atoms with van der Waals surface area (Å²) in [5.41, 5.74) is 5.37. The van der Waals surface area contributed by atoms with E-state index in [-0.39, 0.29) is 5.69 Å². The van der Waals surface area contributed by atoms with Crippen molar-refractivity contribution in [1.29, 1.82) is 5.26 Å². The standard InChI is InChI=1S/C27H19N5O/c1-4-17-11-19(14-29-13-17)18-5-10-23-22(12-18)25-24(15-30-23)31-26(33)32(25)21-8-6-20(7-9-21)27(2,3)16-28/h1,5-15H,2-3H3,(H,31,33). The van der Waals surface area contributed by atoms with Crippen LogP contribution >= 0.6 is 0 Å². The summed E-state index contributed by atoms with van der Waals surface area (Å²) < 4.78 is 1.64. The van der Waals surface area contributed by atoms with Crippen molar-refractivity contribution < 1.29 is 0 Å². The molecule has 3 heterocycles. The van der Waals surface area contributed by atoms with E-state index in [1.807, 2.05) is 62.4 Å². The number of nitrogens with zero attached hydrogens (tertiary/aromatic N) is 4. The minimum atomic E-state index is -0.615. The lowest BCUT2D eigenvalue weighted by Crippen LogP contribution is -2.16. The molecule has 1 N–H and O–H groups in total. The SMILES string of the molecule is C#Cc1cncc(-c2ccc3ncc4[nH]c(=O)n(-c5ccc(C(C)(C)C#N)cc5)c4c3c2)c1. The molecule has 33 heavy (non-hydrogen) atoms. The minimum absolute atomic E-state index is 0.256. The van der Waals surface area contributed by atoms with E-state index in [1.54, 1.807) is 23.2 Å². The van der Waals surface area contributed by atoms with Crippen molar-refractivity contribution in [3.63, 3.8) is 0 Å². The van der Waals surface area contributed by atoms with Crippen molar-refractivity contribution in [2.45, 2.75) is 19.3 Å². The van der Waals surface area contributed by atoms with E-state index in [1.165, 1.54) is 0 Å². The fraction of sp³-hybridized carbons (Fsp3) is 0.111. The van der Waals surface area contributed by atoms with E-state index in [0.29, 0.717) is 16.8 Å². The topological polar surface area (TPSA) is 87.4 Å². The van der Waals surface area contributed by atoms with Gasteiger partial charge in [0, 0.05) is 28.9 Å². The third-order valence-electron chi connectivity index (χ3n) is 5.87. The van der Waals surface area contributed by atoms with Crippen molar-refractivity contribution in [3.8, 4) is 35.2 Å². The molecule has 0 aliphatic heterocycles. The smallest absolute Gasteiger partial charge is 0.304 e. The Bertz CT molecular complexity index is 1680. The molecule has 6 heteroatoms. The van der Waals surface area contributed by atoms with Gasteiger partial charge in [-0.25, -0.2) is 4.79 Å². The van der Waals surface area contributed by atoms with Crippen molar-refractivity contribution in [2.24, 2.45) is 0 Å². The van der Waals surface area contributed by atoms with Crippen LogP contribution < -0.4 is 5.69 Å². The predicted molar refractivity (Wildman–Crippen MR) is 129 cm³/mol. The summed E-state index contributed by atoms with van der Waals surface area (Å²) in [6.45, 7) is 3.73. The second-order valence-electron chi connectivity index (χ2n) is 8.41. The van der Waals surface area contributed by atoms with Gasteiger partial charge in [0.1, 0.15) is 0 Å². The molecule has 0 atom stereocenters. The average molecular weight is 429 g/mol. The molecule has 3 aromatic heterocycles. The molecule has 0 saturated heterocycles. The Morgan fingerprint density at radius 2 is 1.82 bits per heavy atom. The summed E-state index contributed by atoms with van der Waals surface area (Å²) in [5.74, 6) is 2.61. The molecule has 0 aliphatic carbocycles. The Morgan fingerprint density at radius 3 is 2.55 bits per heavy atom. The first kappa shape index (κ1) is 20.2. The highest BCUT2D eigenvalue weighted by Crippen LogP contribution is 2.30. The quantitative estimate of drug-likeness (QED) is 0.421. The predicted octanol–water partition coefficient (Wildman–Crippen LogP) is 4.71. The van der Waals surface area contributed by atoms with E-state index < -0.39 is 5.41 Å². The van der Waals surface area contributed by atoms with Crippen molar-refractivity contribution in [3.05, 3.63) is 88.7 Å². The largest absolute Gasteiger partial charge is 0.331 e. The first-order valence-corrected chi connectivity index (χ1v) is 10.4. The van der Waals surface area contributed by atoms with E-state index in [0.717, 1.165) is 33.1 Å². The van der Waals surface area contributed by atoms with E-state index in [4.69, 9.17) is 6.42 Å². The minimum Gasteiger partial charge on any atom is -0.304 e. The van der Waals surface area contributed by atoms with Crippen molar-refractivity contribution >= 4 is 21.9 Å². The lowest BCUT2D eigenvalue weighted by atomic mass is 9.86. The number of rotatable bonds is 3. The summed E-state index contributed by atoms with van der Waals surface area (Å²) in [6, 6.07) is 17.6. The maximum Gasteiger partial charge on any atom is 0.331 e. The zero-order valence-corrected chi connectivity index (χ0v) is 18.1. The van der Waals surface area contributed by atoms with Gasteiger partial charge in [0.25, 0.3) is 0 Å². The van der Waals surface area contributed by atoms with Crippen LogP contribution in [0.4, 0.5) is 0 Å². The Labute approximate surface area is 190 Å². The molecular formula is C27H19N5O. The number of H-pyrrole nitrogens is 1. The second kappa shape index (κ2) is 7.47. The van der Waals surface area contributed by atoms with Crippen LogP contribution in [0.25, 0.3) is 38.8 Å². The van der Waals surface area contributed by atoms with Gasteiger partial charge in [0.15, 0.2) is 0 Å². The van der Waals surface area contributed by atoms with Gasteiger partial charge in [-0.05, 0) is 55.3 Å². The number of hydrogen-bond donors (Lipinski definition) is 1. The van der Waals surface area contributed by atoms with Gasteiger partial charge in [-0.2, -0.15) is 5.26 Å². The van der Waals surface area contributed by atoms with Gasteiger partial charge in [-0.15, -0.1) is 6.42 Å². The molecule has 0 amide bonds. The number of nitriles is 1. The van der Waals surface area contributed by atoms with Crippen LogP contribution in [0.3, 0.4) is 0 Å². The normalized spacial score (nSPS) is 11.4. The summed E-state index contributed by atoms with van der Waals surface area (Å²) in [4.78, 5) is 24.6. The summed E-state index contributed by atoms with van der Waals surface area (Å²) >= 11 is 0. The molecular weight excluding hydrogens is 410 g/mol. The number of aromatic nitrogens is 4. The highest BCUT2D eigenvalue weighted by Gasteiger charge is 2.20. The Morgan fingerprint density at radius 1 is 1.03 bits per heavy atom. The van der Waals surface area contributed by atoms with Gasteiger partial charge in [0.05, 0.1) is 39.9 Å². The molecule has 158 valence electrons. The van der Waals surface area contributed by atoms with Crippen LogP contribution in [0.5, 0.6) is 0 Å². The van der Waals surface area contributed by atoms with Crippen LogP contribution in [-0.2, 0) is 5.41 Å². The van der Waals surface area contributed by atoms with Gasteiger partial charge in [0.2, 0.25) is 0 Å². The Kier molecular flexibility index (Phi) is 4.58. The third kappa shape index (κ3) is 3.35. The first-order chi connectivity index (χ1) is 15.9. The van der Waals surface area contributed by atoms with E-state index in [9.17, 15) is 10.1 Å². The van der Waals surface area contributed by atoms with Gasteiger partial charge >= 0.3 is 5.69 Å². The van der Waals surface area contributed by atoms with Gasteiger partial charge in [-0.3, -0.25) is 14.5 Å². The number of pyridine rings is 2. The Balaban J connectivity index is 1.74. The lowest BCUT2D eigenvalue weighted by molar-refractivity contribution is 0.686. The number of benzene rings is 2. The molecule has 2 aromatic carbocycles. The van der Waals surface area contributed by atoms with Crippen LogP contribution in [0, 0.1) is 23.7 Å². The Hall–Kier alpha value is -4.68. The fourth-order valence-corrected chi connectivity index (χ4v) is 3.98. The second-order valence-corrected chi connectivity index (χ2v) is 8.41. The monoisotopic (exact) mass is 429 g/mol. The summed E-state index contributed by atoms with van der Waals surface area (Å²) in [6.07, 6.45) is 10.6. The molecule has 5 rings (SSSR count). The number of nitrogens with one attached hydrogen (secondary N) is 1. The molecule has 0 fully saturated rings. The maximum absolute atomic E-state index is 13.0. The molecule has 6 nitrogen and oxygen atoms in total. The van der Waals surface area contributed by atoms with Crippen LogP contribution in [-0.4, -0.2) is 19.5 Å². The molecule has 0 unspecified atom stereocenters. The lowest BCUT2D eigenvalue weighted by Gasteiger charge is -2.16. The van der Waals surface area contributed by atoms with Crippen LogP contribution in [0.15, 0.2) is 71.9 Å². The zero-order valence-electron chi connectivity index (χ0n) is 18.1. The highest BCUT2D eigenvalue weighted by molar-refractivity contribution is 6.04. The summed E-state index contributed by atoms with van der Waals surface area (Å²) in [5, 5.41) is 10.3. The first-order valence-electron chi connectivity index (χ1n) is 10.4. The van der Waals surface area contributed by atoms with Crippen LogP contribution in [0.2, 0.25) is 0 Å². The maximum atomic E-state index is 13.0. The van der Waals surface area contributed by atoms with Crippen LogP contribution in [0.1, 0.15) is 25.0 Å². The van der Waals surface area contributed by atoms with E-state index in [2.05, 4.69) is 26.9 Å². The highest BCUT2D eigenvalue weighted by atomic mass is 16.1. The van der Waals surface area contributed by atoms with E-state index >= 15 is 0 Å². The van der Waals surface area contributed by atoms with Crippen molar-refractivity contribution in [2.75, 3.05) is 0 Å². The number of fused-ring (bicyclic) bond motifs is 3. The summed E-state index contributed by atoms with van der Waals surface area (Å²) in [7, 11) is 0. The molecule has 0 aliphatic rings. The molecule has 0 saturated carbocycles. The van der Waals surface area contributed by atoms with Gasteiger partial charge in [-0.1, -0.05) is 24.1 Å². The molecule has 0 radical (unpaired) electrons. The molecule has 0 spiro atoms. The van der Waals surface area contributed by atoms with Crippen molar-refractivity contribution in [1.82, 2.24) is 19.5 Å². The number of hydrogen-bond acceptors (Lipinski definition) is 4. The average Bonchev–Trinajstić information content (AvgIpc) is 3.20. The zero-order chi connectivity index (χ0) is 23.2.